The number of hydrogen-bond donors (Lipinski definition) is 0. The number of fused-ring (bicyclic) bond motifs is 1. The molecule has 0 amide bonds. The monoisotopic (exact) mass is 377 g/mol. The van der Waals surface area contributed by atoms with E-state index < -0.39 is 10.0 Å². The van der Waals surface area contributed by atoms with Gasteiger partial charge in [-0.15, -0.1) is 0 Å². The van der Waals surface area contributed by atoms with E-state index in [0.29, 0.717) is 37.7 Å². The van der Waals surface area contributed by atoms with Crippen molar-refractivity contribution >= 4 is 10.0 Å². The summed E-state index contributed by atoms with van der Waals surface area (Å²) in [6.45, 7) is 1.50. The Kier molecular flexibility index (Phi) is 4.41. The molecular formula is C17H19N3O5S. The van der Waals surface area contributed by atoms with Gasteiger partial charge in [-0.3, -0.25) is 4.79 Å². The molecule has 138 valence electrons. The van der Waals surface area contributed by atoms with E-state index in [4.69, 9.17) is 9.47 Å². The highest BCUT2D eigenvalue weighted by atomic mass is 32.2. The molecule has 2 aliphatic heterocycles. The summed E-state index contributed by atoms with van der Waals surface area (Å²) in [7, 11) is -3.70. The van der Waals surface area contributed by atoms with Crippen LogP contribution in [0, 0.1) is 0 Å². The molecule has 3 heterocycles. The minimum Gasteiger partial charge on any atom is -0.486 e. The van der Waals surface area contributed by atoms with E-state index in [-0.39, 0.29) is 23.0 Å². The van der Waals surface area contributed by atoms with Crippen molar-refractivity contribution in [2.24, 2.45) is 0 Å². The van der Waals surface area contributed by atoms with Crippen molar-refractivity contribution in [3.63, 3.8) is 0 Å². The first-order chi connectivity index (χ1) is 12.6. The van der Waals surface area contributed by atoms with Crippen LogP contribution in [0.1, 0.15) is 12.8 Å². The minimum absolute atomic E-state index is 0.169. The molecule has 1 aromatic carbocycles. The largest absolute Gasteiger partial charge is 0.486 e. The molecule has 1 saturated heterocycles. The van der Waals surface area contributed by atoms with Crippen molar-refractivity contribution in [1.29, 1.82) is 0 Å². The fraction of sp³-hybridized carbons (Fsp3) is 0.412. The average molecular weight is 377 g/mol. The van der Waals surface area contributed by atoms with E-state index in [1.54, 1.807) is 12.1 Å². The first-order valence-corrected chi connectivity index (χ1v) is 9.93. The van der Waals surface area contributed by atoms with E-state index in [1.807, 2.05) is 0 Å². The Labute approximate surface area is 151 Å². The SMILES string of the molecule is O=c1cccnn1CC1CCCN1S(=O)(=O)c1ccc2c(c1)OCCO2. The summed E-state index contributed by atoms with van der Waals surface area (Å²) in [5, 5.41) is 4.03. The van der Waals surface area contributed by atoms with Gasteiger partial charge >= 0.3 is 0 Å². The third-order valence-electron chi connectivity index (χ3n) is 4.61. The average Bonchev–Trinajstić information content (AvgIpc) is 3.12. The van der Waals surface area contributed by atoms with Crippen LogP contribution in [-0.4, -0.2) is 48.3 Å². The zero-order valence-electron chi connectivity index (χ0n) is 14.1. The topological polar surface area (TPSA) is 90.7 Å². The van der Waals surface area contributed by atoms with Gasteiger partial charge in [0.25, 0.3) is 5.56 Å². The third-order valence-corrected chi connectivity index (χ3v) is 6.56. The zero-order chi connectivity index (χ0) is 18.1. The first kappa shape index (κ1) is 17.0. The van der Waals surface area contributed by atoms with Crippen molar-refractivity contribution < 1.29 is 17.9 Å². The Morgan fingerprint density at radius 2 is 1.96 bits per heavy atom. The standard InChI is InChI=1S/C17H19N3O5S/c21-17-4-1-7-18-19(17)12-13-3-2-8-20(13)26(22,23)14-5-6-15-16(11-14)25-10-9-24-15/h1,4-7,11,13H,2-3,8-10,12H2. The number of aromatic nitrogens is 2. The molecule has 2 aromatic rings. The smallest absolute Gasteiger partial charge is 0.266 e. The minimum atomic E-state index is -3.70. The van der Waals surface area contributed by atoms with Gasteiger partial charge in [-0.2, -0.15) is 9.40 Å². The van der Waals surface area contributed by atoms with Crippen LogP contribution in [-0.2, 0) is 16.6 Å². The maximum Gasteiger partial charge on any atom is 0.266 e. The van der Waals surface area contributed by atoms with Gasteiger partial charge in [0.2, 0.25) is 10.0 Å². The zero-order valence-corrected chi connectivity index (χ0v) is 14.9. The van der Waals surface area contributed by atoms with Gasteiger partial charge in [0, 0.05) is 30.9 Å². The molecule has 0 spiro atoms. The second-order valence-electron chi connectivity index (χ2n) is 6.26. The van der Waals surface area contributed by atoms with Crippen LogP contribution in [0.4, 0.5) is 0 Å². The molecule has 0 N–H and O–H groups in total. The van der Waals surface area contributed by atoms with E-state index in [1.165, 1.54) is 33.4 Å². The lowest BCUT2D eigenvalue weighted by Gasteiger charge is -2.25. The lowest BCUT2D eigenvalue weighted by Crippen LogP contribution is -2.40. The summed E-state index contributed by atoms with van der Waals surface area (Å²) >= 11 is 0. The van der Waals surface area contributed by atoms with Gasteiger partial charge in [0.15, 0.2) is 11.5 Å². The molecular weight excluding hydrogens is 358 g/mol. The molecule has 1 aromatic heterocycles. The Hall–Kier alpha value is -2.39. The molecule has 9 heteroatoms. The molecule has 1 unspecified atom stereocenters. The van der Waals surface area contributed by atoms with E-state index in [2.05, 4.69) is 5.10 Å². The molecule has 0 bridgehead atoms. The van der Waals surface area contributed by atoms with E-state index in [9.17, 15) is 13.2 Å². The summed E-state index contributed by atoms with van der Waals surface area (Å²) in [6.07, 6.45) is 2.96. The van der Waals surface area contributed by atoms with Crippen LogP contribution in [0.5, 0.6) is 11.5 Å². The highest BCUT2D eigenvalue weighted by molar-refractivity contribution is 7.89. The molecule has 2 aliphatic rings. The predicted molar refractivity (Wildman–Crippen MR) is 92.8 cm³/mol. The predicted octanol–water partition coefficient (Wildman–Crippen LogP) is 0.868. The Morgan fingerprint density at radius 1 is 1.15 bits per heavy atom. The van der Waals surface area contributed by atoms with Gasteiger partial charge < -0.3 is 9.47 Å². The quantitative estimate of drug-likeness (QED) is 0.785. The highest BCUT2D eigenvalue weighted by Gasteiger charge is 2.36. The molecule has 4 rings (SSSR count). The van der Waals surface area contributed by atoms with Crippen molar-refractivity contribution in [1.82, 2.24) is 14.1 Å². The number of nitrogens with zero attached hydrogens (tertiary/aromatic N) is 3. The fourth-order valence-electron chi connectivity index (χ4n) is 3.35. The maximum atomic E-state index is 13.1. The first-order valence-electron chi connectivity index (χ1n) is 8.49. The lowest BCUT2D eigenvalue weighted by atomic mass is 10.2. The van der Waals surface area contributed by atoms with Crippen LogP contribution >= 0.6 is 0 Å². The van der Waals surface area contributed by atoms with E-state index in [0.717, 1.165) is 6.42 Å². The van der Waals surface area contributed by atoms with Gasteiger partial charge in [-0.1, -0.05) is 0 Å². The molecule has 1 fully saturated rings. The summed E-state index contributed by atoms with van der Waals surface area (Å²) in [5.41, 5.74) is -0.240. The Bertz CT molecular complexity index is 972. The molecule has 1 atom stereocenters. The summed E-state index contributed by atoms with van der Waals surface area (Å²) < 4.78 is 40.0. The van der Waals surface area contributed by atoms with Crippen molar-refractivity contribution in [2.45, 2.75) is 30.3 Å². The van der Waals surface area contributed by atoms with Crippen molar-refractivity contribution in [3.8, 4) is 11.5 Å². The van der Waals surface area contributed by atoms with Crippen molar-refractivity contribution in [2.75, 3.05) is 19.8 Å². The van der Waals surface area contributed by atoms with Gasteiger partial charge in [-0.05, 0) is 31.0 Å². The highest BCUT2D eigenvalue weighted by Crippen LogP contribution is 2.34. The third kappa shape index (κ3) is 3.08. The fourth-order valence-corrected chi connectivity index (χ4v) is 5.05. The number of sulfonamides is 1. The summed E-state index contributed by atoms with van der Waals surface area (Å²) in [5.74, 6) is 0.988. The number of hydrogen-bond acceptors (Lipinski definition) is 6. The summed E-state index contributed by atoms with van der Waals surface area (Å²) in [4.78, 5) is 12.1. The Balaban J connectivity index is 1.62. The van der Waals surface area contributed by atoms with Crippen molar-refractivity contribution in [3.05, 3.63) is 46.9 Å². The van der Waals surface area contributed by atoms with Gasteiger partial charge in [0.05, 0.1) is 11.4 Å². The lowest BCUT2D eigenvalue weighted by molar-refractivity contribution is 0.171. The number of ether oxygens (including phenoxy) is 2. The number of benzene rings is 1. The molecule has 26 heavy (non-hydrogen) atoms. The molecule has 0 saturated carbocycles. The van der Waals surface area contributed by atoms with Crippen LogP contribution in [0.3, 0.4) is 0 Å². The van der Waals surface area contributed by atoms with Crippen LogP contribution < -0.4 is 15.0 Å². The maximum absolute atomic E-state index is 13.1. The van der Waals surface area contributed by atoms with E-state index >= 15 is 0 Å². The second kappa shape index (κ2) is 6.73. The second-order valence-corrected chi connectivity index (χ2v) is 8.15. The van der Waals surface area contributed by atoms with Crippen LogP contribution in [0.2, 0.25) is 0 Å². The van der Waals surface area contributed by atoms with Crippen LogP contribution in [0.25, 0.3) is 0 Å². The molecule has 8 nitrogen and oxygen atoms in total. The molecule has 0 radical (unpaired) electrons. The normalized spacial score (nSPS) is 20.2. The Morgan fingerprint density at radius 3 is 2.77 bits per heavy atom. The van der Waals surface area contributed by atoms with Gasteiger partial charge in [-0.25, -0.2) is 13.1 Å². The molecule has 0 aliphatic carbocycles. The number of rotatable bonds is 4. The van der Waals surface area contributed by atoms with Crippen LogP contribution in [0.15, 0.2) is 46.2 Å². The summed E-state index contributed by atoms with van der Waals surface area (Å²) in [6, 6.07) is 7.34. The van der Waals surface area contributed by atoms with Gasteiger partial charge in [0.1, 0.15) is 13.2 Å².